The van der Waals surface area contributed by atoms with E-state index in [4.69, 9.17) is 11.6 Å². The molecule has 2 aromatic heterocycles. The summed E-state index contributed by atoms with van der Waals surface area (Å²) >= 11 is 7.28. The van der Waals surface area contributed by atoms with Crippen LogP contribution < -0.4 is 15.7 Å². The fourth-order valence-electron chi connectivity index (χ4n) is 2.94. The van der Waals surface area contributed by atoms with Crippen LogP contribution in [0.3, 0.4) is 0 Å². The van der Waals surface area contributed by atoms with Gasteiger partial charge < -0.3 is 10.1 Å². The fraction of sp³-hybridized carbons (Fsp3) is 0.350. The highest BCUT2D eigenvalue weighted by molar-refractivity contribution is 7.19. The highest BCUT2D eigenvalue weighted by Crippen LogP contribution is 2.29. The van der Waals surface area contributed by atoms with Crippen molar-refractivity contribution in [3.05, 3.63) is 56.8 Å². The van der Waals surface area contributed by atoms with Crippen molar-refractivity contribution in [1.29, 1.82) is 0 Å². The molecular formula is C20H20ClF3N4O3S. The molecule has 3 aromatic rings. The molecule has 0 aliphatic carbocycles. The number of alkyl halides is 3. The van der Waals surface area contributed by atoms with E-state index in [0.717, 1.165) is 10.7 Å². The number of thiophene rings is 1. The fourth-order valence-corrected chi connectivity index (χ4v) is 3.97. The van der Waals surface area contributed by atoms with Crippen LogP contribution in [0.2, 0.25) is 4.34 Å². The number of hydrogen-bond acceptors (Lipinski definition) is 5. The van der Waals surface area contributed by atoms with Crippen molar-refractivity contribution in [2.24, 2.45) is 5.92 Å². The molecule has 0 atom stereocenters. The zero-order chi connectivity index (χ0) is 23.5. The third-order valence-corrected chi connectivity index (χ3v) is 5.41. The van der Waals surface area contributed by atoms with Crippen LogP contribution in [0.5, 0.6) is 5.75 Å². The largest absolute Gasteiger partial charge is 0.573 e. The van der Waals surface area contributed by atoms with Crippen molar-refractivity contribution < 1.29 is 22.7 Å². The van der Waals surface area contributed by atoms with Gasteiger partial charge in [-0.2, -0.15) is 0 Å². The molecule has 0 spiro atoms. The predicted molar refractivity (Wildman–Crippen MR) is 115 cm³/mol. The van der Waals surface area contributed by atoms with Crippen molar-refractivity contribution >= 4 is 28.8 Å². The number of halogens is 4. The van der Waals surface area contributed by atoms with Crippen molar-refractivity contribution in [2.45, 2.75) is 39.8 Å². The second kappa shape index (κ2) is 9.78. The lowest BCUT2D eigenvalue weighted by Crippen LogP contribution is -2.34. The zero-order valence-electron chi connectivity index (χ0n) is 17.1. The van der Waals surface area contributed by atoms with E-state index in [9.17, 15) is 22.8 Å². The van der Waals surface area contributed by atoms with Crippen LogP contribution in [0.1, 0.15) is 19.4 Å². The third-order valence-electron chi connectivity index (χ3n) is 4.18. The number of carbonyl (C=O) groups excluding carboxylic acids is 1. The van der Waals surface area contributed by atoms with Crippen LogP contribution in [0.4, 0.5) is 13.2 Å². The molecule has 1 aromatic carbocycles. The van der Waals surface area contributed by atoms with E-state index in [-0.39, 0.29) is 24.8 Å². The van der Waals surface area contributed by atoms with Crippen LogP contribution in [0.15, 0.2) is 41.2 Å². The molecule has 0 saturated carbocycles. The molecule has 0 aliphatic heterocycles. The van der Waals surface area contributed by atoms with Crippen LogP contribution >= 0.6 is 22.9 Å². The van der Waals surface area contributed by atoms with Crippen molar-refractivity contribution in [2.75, 3.05) is 0 Å². The Morgan fingerprint density at radius 1 is 1.28 bits per heavy atom. The zero-order valence-corrected chi connectivity index (χ0v) is 18.7. The first-order chi connectivity index (χ1) is 15.0. The highest BCUT2D eigenvalue weighted by atomic mass is 35.5. The summed E-state index contributed by atoms with van der Waals surface area (Å²) in [7, 11) is 0. The maximum Gasteiger partial charge on any atom is 0.573 e. The van der Waals surface area contributed by atoms with E-state index in [0.29, 0.717) is 27.1 Å². The molecular weight excluding hydrogens is 469 g/mol. The summed E-state index contributed by atoms with van der Waals surface area (Å²) in [5.41, 5.74) is -0.0272. The molecule has 0 saturated heterocycles. The standard InChI is InChI=1S/C20H20ClF3N4O3S/c1-12(2)10-27-18(15-6-7-16(21)32-15)26-28(19(27)30)11-17(29)25-9-13-4-3-5-14(8-13)31-20(22,23)24/h3-8,12H,9-11H2,1-2H3,(H,25,29). The Labute approximate surface area is 190 Å². The summed E-state index contributed by atoms with van der Waals surface area (Å²) < 4.78 is 44.1. The molecule has 172 valence electrons. The first kappa shape index (κ1) is 23.9. The van der Waals surface area contributed by atoms with Gasteiger partial charge in [0.2, 0.25) is 5.91 Å². The predicted octanol–water partition coefficient (Wildman–Crippen LogP) is 4.30. The summed E-state index contributed by atoms with van der Waals surface area (Å²) in [4.78, 5) is 25.9. The molecule has 0 unspecified atom stereocenters. The van der Waals surface area contributed by atoms with Crippen molar-refractivity contribution in [1.82, 2.24) is 19.7 Å². The Morgan fingerprint density at radius 3 is 2.66 bits per heavy atom. The van der Waals surface area contributed by atoms with Gasteiger partial charge in [-0.25, -0.2) is 9.48 Å². The minimum atomic E-state index is -4.80. The topological polar surface area (TPSA) is 78.2 Å². The summed E-state index contributed by atoms with van der Waals surface area (Å²) in [6.07, 6.45) is -4.80. The lowest BCUT2D eigenvalue weighted by molar-refractivity contribution is -0.274. The molecule has 12 heteroatoms. The van der Waals surface area contributed by atoms with E-state index >= 15 is 0 Å². The van der Waals surface area contributed by atoms with Gasteiger partial charge in [0, 0.05) is 13.1 Å². The van der Waals surface area contributed by atoms with Gasteiger partial charge in [0.15, 0.2) is 5.82 Å². The Hall–Kier alpha value is -2.79. The quantitative estimate of drug-likeness (QED) is 0.513. The molecule has 2 heterocycles. The number of hydrogen-bond donors (Lipinski definition) is 1. The van der Waals surface area contributed by atoms with Crippen LogP contribution in [0, 0.1) is 5.92 Å². The lowest BCUT2D eigenvalue weighted by atomic mass is 10.2. The number of ether oxygens (including phenoxy) is 1. The van der Waals surface area contributed by atoms with Crippen LogP contribution in [0.25, 0.3) is 10.7 Å². The van der Waals surface area contributed by atoms with Crippen molar-refractivity contribution in [3.63, 3.8) is 0 Å². The van der Waals surface area contributed by atoms with Gasteiger partial charge in [0.1, 0.15) is 12.3 Å². The molecule has 0 bridgehead atoms. The number of benzene rings is 1. The molecule has 1 N–H and O–H groups in total. The molecule has 1 amide bonds. The van der Waals surface area contributed by atoms with E-state index in [1.807, 2.05) is 13.8 Å². The number of carbonyl (C=O) groups is 1. The van der Waals surface area contributed by atoms with Gasteiger partial charge in [-0.1, -0.05) is 37.6 Å². The van der Waals surface area contributed by atoms with E-state index in [1.165, 1.54) is 28.0 Å². The molecule has 32 heavy (non-hydrogen) atoms. The van der Waals surface area contributed by atoms with Gasteiger partial charge in [-0.05, 0) is 35.7 Å². The Bertz CT molecular complexity index is 1150. The Balaban J connectivity index is 1.72. The minimum Gasteiger partial charge on any atom is -0.406 e. The number of amides is 1. The number of rotatable bonds is 8. The molecule has 0 fully saturated rings. The maximum atomic E-state index is 12.8. The van der Waals surface area contributed by atoms with E-state index in [2.05, 4.69) is 15.2 Å². The van der Waals surface area contributed by atoms with Crippen LogP contribution in [-0.2, 0) is 24.4 Å². The molecule has 3 rings (SSSR count). The Kier molecular flexibility index (Phi) is 7.29. The Morgan fingerprint density at radius 2 is 2.03 bits per heavy atom. The average Bonchev–Trinajstić information content (AvgIpc) is 3.23. The second-order valence-corrected chi connectivity index (χ2v) is 9.06. The van der Waals surface area contributed by atoms with Gasteiger partial charge in [-0.15, -0.1) is 29.6 Å². The SMILES string of the molecule is CC(C)Cn1c(-c2ccc(Cl)s2)nn(CC(=O)NCc2cccc(OC(F)(F)F)c2)c1=O. The minimum absolute atomic E-state index is 0.0390. The van der Waals surface area contributed by atoms with Gasteiger partial charge in [-0.3, -0.25) is 9.36 Å². The molecule has 7 nitrogen and oxygen atoms in total. The summed E-state index contributed by atoms with van der Waals surface area (Å²) in [5, 5.41) is 6.88. The van der Waals surface area contributed by atoms with Gasteiger partial charge in [0.25, 0.3) is 0 Å². The average molecular weight is 489 g/mol. The van der Waals surface area contributed by atoms with Gasteiger partial charge in [0.05, 0.1) is 9.21 Å². The highest BCUT2D eigenvalue weighted by Gasteiger charge is 2.31. The smallest absolute Gasteiger partial charge is 0.406 e. The normalized spacial score (nSPS) is 11.7. The third kappa shape index (κ3) is 6.36. The first-order valence-corrected chi connectivity index (χ1v) is 10.8. The second-order valence-electron chi connectivity index (χ2n) is 7.34. The molecule has 0 radical (unpaired) electrons. The summed E-state index contributed by atoms with van der Waals surface area (Å²) in [6, 6.07) is 8.74. The van der Waals surface area contributed by atoms with Gasteiger partial charge >= 0.3 is 12.1 Å². The monoisotopic (exact) mass is 488 g/mol. The molecule has 0 aliphatic rings. The number of nitrogens with zero attached hydrogens (tertiary/aromatic N) is 3. The van der Waals surface area contributed by atoms with E-state index in [1.54, 1.807) is 18.2 Å². The maximum absolute atomic E-state index is 12.8. The number of nitrogens with one attached hydrogen (secondary N) is 1. The van der Waals surface area contributed by atoms with E-state index < -0.39 is 18.0 Å². The van der Waals surface area contributed by atoms with Crippen molar-refractivity contribution in [3.8, 4) is 16.5 Å². The first-order valence-electron chi connectivity index (χ1n) is 9.56. The lowest BCUT2D eigenvalue weighted by Gasteiger charge is -2.10. The van der Waals surface area contributed by atoms with Crippen LogP contribution in [-0.4, -0.2) is 26.6 Å². The number of aromatic nitrogens is 3. The summed E-state index contributed by atoms with van der Waals surface area (Å²) in [6.45, 7) is 3.95. The summed E-state index contributed by atoms with van der Waals surface area (Å²) in [5.74, 6) is -0.309.